The van der Waals surface area contributed by atoms with Gasteiger partial charge in [-0.15, -0.1) is 0 Å². The van der Waals surface area contributed by atoms with Gasteiger partial charge in [0, 0.05) is 17.4 Å². The number of benzene rings is 1. The number of carboxylic acids is 1. The lowest BCUT2D eigenvalue weighted by molar-refractivity contribution is 0.0698. The highest BCUT2D eigenvalue weighted by Gasteiger charge is 2.08. The first kappa shape index (κ1) is 12.0. The predicted molar refractivity (Wildman–Crippen MR) is 66.4 cm³/mol. The first-order valence-electron chi connectivity index (χ1n) is 5.35. The van der Waals surface area contributed by atoms with Crippen LogP contribution in [0, 0.1) is 6.92 Å². The van der Waals surface area contributed by atoms with Gasteiger partial charge in [-0.2, -0.15) is 0 Å². The second kappa shape index (κ2) is 4.79. The second-order valence-corrected chi connectivity index (χ2v) is 3.89. The summed E-state index contributed by atoms with van der Waals surface area (Å²) >= 11 is 0. The zero-order chi connectivity index (χ0) is 13.1. The highest BCUT2D eigenvalue weighted by Crippen LogP contribution is 2.18. The van der Waals surface area contributed by atoms with Crippen molar-refractivity contribution < 1.29 is 14.4 Å². The molecule has 0 atom stereocenters. The molecule has 94 valence electrons. The molecule has 0 radical (unpaired) electrons. The van der Waals surface area contributed by atoms with Crippen LogP contribution in [0.3, 0.4) is 0 Å². The Balaban J connectivity index is 2.10. The molecule has 1 heterocycles. The number of hydrogen-bond acceptors (Lipinski definition) is 5. The average Bonchev–Trinajstić information content (AvgIpc) is 2.74. The molecule has 0 aliphatic carbocycles. The van der Waals surface area contributed by atoms with Crippen LogP contribution in [-0.2, 0) is 6.54 Å². The molecule has 0 fully saturated rings. The maximum Gasteiger partial charge on any atom is 0.337 e. The number of carboxylic acid groups (broad SMARTS) is 1. The molecule has 1 aromatic heterocycles. The summed E-state index contributed by atoms with van der Waals surface area (Å²) in [6.45, 7) is 2.27. The highest BCUT2D eigenvalue weighted by atomic mass is 16.5. The number of nitrogens with two attached hydrogens (primary N) is 1. The summed E-state index contributed by atoms with van der Waals surface area (Å²) in [7, 11) is 0. The molecular weight excluding hydrogens is 234 g/mol. The van der Waals surface area contributed by atoms with E-state index < -0.39 is 5.97 Å². The molecule has 0 bridgehead atoms. The molecule has 0 unspecified atom stereocenters. The molecule has 4 N–H and O–H groups in total. The van der Waals surface area contributed by atoms with Crippen molar-refractivity contribution in [2.75, 3.05) is 11.1 Å². The van der Waals surface area contributed by atoms with Crippen LogP contribution in [0.4, 0.5) is 11.4 Å². The number of aromatic nitrogens is 1. The van der Waals surface area contributed by atoms with Gasteiger partial charge in [0.05, 0.1) is 12.1 Å². The van der Waals surface area contributed by atoms with Gasteiger partial charge in [0.2, 0.25) is 0 Å². The number of anilines is 2. The Labute approximate surface area is 103 Å². The molecule has 0 saturated heterocycles. The van der Waals surface area contributed by atoms with E-state index in [9.17, 15) is 4.79 Å². The van der Waals surface area contributed by atoms with Crippen LogP contribution in [0.15, 0.2) is 28.8 Å². The quantitative estimate of drug-likeness (QED) is 0.713. The summed E-state index contributed by atoms with van der Waals surface area (Å²) in [6.07, 6.45) is 0. The van der Waals surface area contributed by atoms with Crippen LogP contribution in [0.5, 0.6) is 0 Å². The van der Waals surface area contributed by atoms with Crippen LogP contribution < -0.4 is 11.1 Å². The summed E-state index contributed by atoms with van der Waals surface area (Å²) < 4.78 is 4.93. The van der Waals surface area contributed by atoms with Crippen LogP contribution in [0.2, 0.25) is 0 Å². The molecule has 0 amide bonds. The van der Waals surface area contributed by atoms with Crippen molar-refractivity contribution in [1.29, 1.82) is 0 Å². The van der Waals surface area contributed by atoms with E-state index in [0.29, 0.717) is 12.2 Å². The van der Waals surface area contributed by atoms with Crippen molar-refractivity contribution in [2.24, 2.45) is 0 Å². The Bertz CT molecular complexity index is 578. The normalized spacial score (nSPS) is 10.3. The van der Waals surface area contributed by atoms with Gasteiger partial charge in [0.1, 0.15) is 11.5 Å². The molecule has 0 aliphatic heterocycles. The monoisotopic (exact) mass is 247 g/mol. The van der Waals surface area contributed by atoms with E-state index in [2.05, 4.69) is 10.5 Å². The number of nitrogens with zero attached hydrogens (tertiary/aromatic N) is 1. The zero-order valence-corrected chi connectivity index (χ0v) is 9.80. The number of nitrogens with one attached hydrogen (secondary N) is 1. The maximum atomic E-state index is 10.9. The van der Waals surface area contributed by atoms with Crippen LogP contribution in [0.25, 0.3) is 0 Å². The van der Waals surface area contributed by atoms with Gasteiger partial charge in [-0.05, 0) is 25.1 Å². The second-order valence-electron chi connectivity index (χ2n) is 3.89. The number of hydrogen-bond donors (Lipinski definition) is 3. The molecule has 18 heavy (non-hydrogen) atoms. The number of carbonyl (C=O) groups is 1. The molecular formula is C12H13N3O3. The van der Waals surface area contributed by atoms with Crippen molar-refractivity contribution >= 4 is 17.3 Å². The molecule has 2 rings (SSSR count). The highest BCUT2D eigenvalue weighted by molar-refractivity contribution is 5.94. The lowest BCUT2D eigenvalue weighted by atomic mass is 10.1. The van der Waals surface area contributed by atoms with Gasteiger partial charge >= 0.3 is 5.97 Å². The van der Waals surface area contributed by atoms with Crippen molar-refractivity contribution in [3.05, 3.63) is 41.3 Å². The van der Waals surface area contributed by atoms with E-state index in [1.807, 2.05) is 13.0 Å². The van der Waals surface area contributed by atoms with Gasteiger partial charge < -0.3 is 20.7 Å². The summed E-state index contributed by atoms with van der Waals surface area (Å²) in [5, 5.41) is 15.8. The first-order valence-corrected chi connectivity index (χ1v) is 5.35. The van der Waals surface area contributed by atoms with Gasteiger partial charge in [0.15, 0.2) is 0 Å². The Morgan fingerprint density at radius 1 is 1.50 bits per heavy atom. The van der Waals surface area contributed by atoms with Crippen LogP contribution in [-0.4, -0.2) is 16.2 Å². The van der Waals surface area contributed by atoms with Crippen LogP contribution in [0.1, 0.15) is 21.8 Å². The molecule has 0 aliphatic rings. The minimum atomic E-state index is -1.05. The fraction of sp³-hybridized carbons (Fsp3) is 0.167. The standard InChI is InChI=1S/C12H13N3O3/c1-7-4-9(15-18-7)6-14-8-2-3-11(13)10(5-8)12(16)17/h2-5,14H,6,13H2,1H3,(H,16,17). The fourth-order valence-corrected chi connectivity index (χ4v) is 1.55. The Hall–Kier alpha value is -2.50. The Kier molecular flexibility index (Phi) is 3.18. The third-order valence-corrected chi connectivity index (χ3v) is 2.43. The minimum absolute atomic E-state index is 0.0799. The van der Waals surface area contributed by atoms with E-state index in [-0.39, 0.29) is 11.3 Å². The maximum absolute atomic E-state index is 10.9. The third-order valence-electron chi connectivity index (χ3n) is 2.43. The van der Waals surface area contributed by atoms with Crippen LogP contribution >= 0.6 is 0 Å². The summed E-state index contributed by atoms with van der Waals surface area (Å²) in [6, 6.07) is 6.57. The first-order chi connectivity index (χ1) is 8.56. The van der Waals surface area contributed by atoms with Crippen molar-refractivity contribution in [3.63, 3.8) is 0 Å². The fourth-order valence-electron chi connectivity index (χ4n) is 1.55. The smallest absolute Gasteiger partial charge is 0.337 e. The largest absolute Gasteiger partial charge is 0.478 e. The van der Waals surface area contributed by atoms with E-state index in [1.165, 1.54) is 6.07 Å². The summed E-state index contributed by atoms with van der Waals surface area (Å²) in [5.74, 6) is -0.316. The molecule has 0 saturated carbocycles. The van der Waals surface area contributed by atoms with Gasteiger partial charge in [-0.1, -0.05) is 5.16 Å². The van der Waals surface area contributed by atoms with Crippen molar-refractivity contribution in [3.8, 4) is 0 Å². The lowest BCUT2D eigenvalue weighted by Crippen LogP contribution is -2.05. The summed E-state index contributed by atoms with van der Waals surface area (Å²) in [5.41, 5.74) is 7.31. The van der Waals surface area contributed by atoms with E-state index in [1.54, 1.807) is 12.1 Å². The molecule has 0 spiro atoms. The van der Waals surface area contributed by atoms with Crippen molar-refractivity contribution in [1.82, 2.24) is 5.16 Å². The van der Waals surface area contributed by atoms with Gasteiger partial charge in [0.25, 0.3) is 0 Å². The third kappa shape index (κ3) is 2.60. The molecule has 6 heteroatoms. The zero-order valence-electron chi connectivity index (χ0n) is 9.80. The molecule has 1 aromatic carbocycles. The van der Waals surface area contributed by atoms with E-state index in [4.69, 9.17) is 15.4 Å². The number of aromatic carboxylic acids is 1. The predicted octanol–water partition coefficient (Wildman–Crippen LogP) is 1.88. The van der Waals surface area contributed by atoms with E-state index in [0.717, 1.165) is 11.5 Å². The van der Waals surface area contributed by atoms with Crippen molar-refractivity contribution in [2.45, 2.75) is 13.5 Å². The van der Waals surface area contributed by atoms with Gasteiger partial charge in [-0.25, -0.2) is 4.79 Å². The van der Waals surface area contributed by atoms with E-state index >= 15 is 0 Å². The number of rotatable bonds is 4. The number of nitrogen functional groups attached to an aromatic ring is 1. The molecule has 2 aromatic rings. The topological polar surface area (TPSA) is 101 Å². The average molecular weight is 247 g/mol. The lowest BCUT2D eigenvalue weighted by Gasteiger charge is -2.07. The van der Waals surface area contributed by atoms with Gasteiger partial charge in [-0.3, -0.25) is 0 Å². The Morgan fingerprint density at radius 2 is 2.28 bits per heavy atom. The molecule has 6 nitrogen and oxygen atoms in total. The Morgan fingerprint density at radius 3 is 2.89 bits per heavy atom. The minimum Gasteiger partial charge on any atom is -0.478 e. The summed E-state index contributed by atoms with van der Waals surface area (Å²) in [4.78, 5) is 10.9. The SMILES string of the molecule is Cc1cc(CNc2ccc(N)c(C(=O)O)c2)no1. The number of aryl methyl sites for hydroxylation is 1.